The molecule has 0 aliphatic carbocycles. The third kappa shape index (κ3) is 8.07. The highest BCUT2D eigenvalue weighted by atomic mass is 28.3. The van der Waals surface area contributed by atoms with Gasteiger partial charge in [0.15, 0.2) is 5.78 Å². The van der Waals surface area contributed by atoms with Crippen LogP contribution in [-0.4, -0.2) is 19.3 Å². The maximum Gasteiger partial charge on any atom is 0.155 e. The van der Waals surface area contributed by atoms with Gasteiger partial charge in [-0.3, -0.25) is 4.79 Å². The molecule has 0 rings (SSSR count). The smallest absolute Gasteiger partial charge is 0.155 e. The fraction of sp³-hybridized carbons (Fsp3) is 0.789. The zero-order valence-corrected chi connectivity index (χ0v) is 16.6. The highest BCUT2D eigenvalue weighted by molar-refractivity contribution is 7.06. The minimum Gasteiger partial charge on any atom is -0.305 e. The van der Waals surface area contributed by atoms with Crippen LogP contribution in [0.25, 0.3) is 0 Å². The zero-order valence-electron chi connectivity index (χ0n) is 15.6. The fourth-order valence-corrected chi connectivity index (χ4v) is 3.72. The lowest BCUT2D eigenvalue weighted by Crippen LogP contribution is -2.46. The molecule has 0 spiro atoms. The van der Waals surface area contributed by atoms with Crippen LogP contribution < -0.4 is 0 Å². The fourth-order valence-electron chi connectivity index (χ4n) is 2.13. The van der Waals surface area contributed by atoms with E-state index in [1.165, 1.54) is 25.7 Å². The molecule has 0 aliphatic rings. The quantitative estimate of drug-likeness (QED) is 0.270. The van der Waals surface area contributed by atoms with E-state index in [-0.39, 0.29) is 10.8 Å². The molecule has 0 aromatic heterocycles. The van der Waals surface area contributed by atoms with Crippen LogP contribution in [0.4, 0.5) is 0 Å². The van der Waals surface area contributed by atoms with Crippen molar-refractivity contribution in [1.82, 2.24) is 0 Å². The topological polar surface area (TPSA) is 34.1 Å². The molecule has 0 aliphatic heterocycles. The van der Waals surface area contributed by atoms with Gasteiger partial charge in [-0.25, -0.2) is 0 Å². The minimum absolute atomic E-state index is 0.0570. The molecular weight excluding hydrogens is 288 g/mol. The standard InChI is InChI=1S/C19H36O2Si/c1-7-8-9-10-11-12-13-14-17(20)15-16-18(21)22(5,6)19(2,3)4/h13-14H,7-12,15-16H2,1-6H3/b14-13+. The first-order valence-electron chi connectivity index (χ1n) is 8.85. The molecule has 0 fully saturated rings. The normalized spacial score (nSPS) is 12.8. The number of unbranched alkanes of at least 4 members (excludes halogenated alkanes) is 5. The van der Waals surface area contributed by atoms with E-state index in [1.807, 2.05) is 6.08 Å². The third-order valence-electron chi connectivity index (χ3n) is 4.95. The van der Waals surface area contributed by atoms with Gasteiger partial charge in [-0.05, 0) is 24.0 Å². The Morgan fingerprint density at radius 3 is 2.09 bits per heavy atom. The number of ketones is 1. The first kappa shape index (κ1) is 21.3. The Kier molecular flexibility index (Phi) is 9.82. The molecule has 0 saturated carbocycles. The lowest BCUT2D eigenvalue weighted by molar-refractivity contribution is -0.118. The van der Waals surface area contributed by atoms with Crippen molar-refractivity contribution in [3.05, 3.63) is 12.2 Å². The molecule has 2 nitrogen and oxygen atoms in total. The van der Waals surface area contributed by atoms with E-state index in [0.717, 1.165) is 12.8 Å². The van der Waals surface area contributed by atoms with Gasteiger partial charge in [0.05, 0.1) is 0 Å². The summed E-state index contributed by atoms with van der Waals surface area (Å²) in [6.07, 6.45) is 11.7. The predicted molar refractivity (Wildman–Crippen MR) is 99.0 cm³/mol. The van der Waals surface area contributed by atoms with E-state index in [1.54, 1.807) is 6.08 Å². The molecule has 3 heteroatoms. The van der Waals surface area contributed by atoms with Crippen molar-refractivity contribution >= 4 is 19.3 Å². The van der Waals surface area contributed by atoms with Crippen molar-refractivity contribution in [3.63, 3.8) is 0 Å². The number of rotatable bonds is 11. The molecule has 0 saturated heterocycles. The Labute approximate surface area is 138 Å². The van der Waals surface area contributed by atoms with Crippen LogP contribution in [0.3, 0.4) is 0 Å². The predicted octanol–water partition coefficient (Wildman–Crippen LogP) is 5.87. The second kappa shape index (κ2) is 10.1. The van der Waals surface area contributed by atoms with Crippen LogP contribution in [0.2, 0.25) is 18.1 Å². The molecule has 128 valence electrons. The van der Waals surface area contributed by atoms with Crippen LogP contribution in [0.15, 0.2) is 12.2 Å². The molecule has 0 heterocycles. The molecule has 0 bridgehead atoms. The van der Waals surface area contributed by atoms with Gasteiger partial charge in [0.25, 0.3) is 0 Å². The molecule has 0 unspecified atom stereocenters. The molecule has 0 aromatic carbocycles. The Morgan fingerprint density at radius 2 is 1.55 bits per heavy atom. The Balaban J connectivity index is 4.01. The van der Waals surface area contributed by atoms with E-state index in [0.29, 0.717) is 18.2 Å². The Bertz CT molecular complexity index is 375. The third-order valence-corrected chi connectivity index (χ3v) is 10.3. The van der Waals surface area contributed by atoms with Crippen molar-refractivity contribution in [2.24, 2.45) is 0 Å². The number of allylic oxidation sites excluding steroid dienone is 2. The van der Waals surface area contributed by atoms with Crippen LogP contribution in [0, 0.1) is 0 Å². The summed E-state index contributed by atoms with van der Waals surface area (Å²) in [4.78, 5) is 24.2. The summed E-state index contributed by atoms with van der Waals surface area (Å²) < 4.78 is 0. The summed E-state index contributed by atoms with van der Waals surface area (Å²) in [6.45, 7) is 12.9. The zero-order chi connectivity index (χ0) is 17.2. The lowest BCUT2D eigenvalue weighted by atomic mass is 10.1. The summed E-state index contributed by atoms with van der Waals surface area (Å²) in [7, 11) is -1.95. The second-order valence-electron chi connectivity index (χ2n) is 7.87. The van der Waals surface area contributed by atoms with Gasteiger partial charge in [0.2, 0.25) is 0 Å². The van der Waals surface area contributed by atoms with Gasteiger partial charge in [-0.1, -0.05) is 72.5 Å². The number of hydrogen-bond donors (Lipinski definition) is 0. The van der Waals surface area contributed by atoms with Crippen molar-refractivity contribution < 1.29 is 9.59 Å². The van der Waals surface area contributed by atoms with E-state index < -0.39 is 8.07 Å². The van der Waals surface area contributed by atoms with Gasteiger partial charge < -0.3 is 4.79 Å². The summed E-state index contributed by atoms with van der Waals surface area (Å²) in [5.74, 6) is 0.0978. The van der Waals surface area contributed by atoms with E-state index in [4.69, 9.17) is 0 Å². The molecule has 0 radical (unpaired) electrons. The van der Waals surface area contributed by atoms with Gasteiger partial charge in [0, 0.05) is 12.8 Å². The van der Waals surface area contributed by atoms with Crippen molar-refractivity contribution in [1.29, 1.82) is 0 Å². The lowest BCUT2D eigenvalue weighted by Gasteiger charge is -2.35. The van der Waals surface area contributed by atoms with Crippen molar-refractivity contribution in [3.8, 4) is 0 Å². The van der Waals surface area contributed by atoms with Crippen LogP contribution in [0.1, 0.15) is 79.1 Å². The van der Waals surface area contributed by atoms with Crippen LogP contribution >= 0.6 is 0 Å². The maximum absolute atomic E-state index is 12.4. The average Bonchev–Trinajstić information content (AvgIpc) is 2.42. The number of carbonyl (C=O) groups excluding carboxylic acids is 2. The number of carbonyl (C=O) groups is 2. The number of hydrogen-bond acceptors (Lipinski definition) is 2. The average molecular weight is 325 g/mol. The van der Waals surface area contributed by atoms with E-state index >= 15 is 0 Å². The second-order valence-corrected chi connectivity index (χ2v) is 13.2. The highest BCUT2D eigenvalue weighted by Crippen LogP contribution is 2.37. The Morgan fingerprint density at radius 1 is 0.955 bits per heavy atom. The van der Waals surface area contributed by atoms with Gasteiger partial charge in [-0.2, -0.15) is 0 Å². The SMILES string of the molecule is CCCCCCC/C=C/C(=O)CCC(=O)[Si](C)(C)C(C)(C)C. The largest absolute Gasteiger partial charge is 0.305 e. The summed E-state index contributed by atoms with van der Waals surface area (Å²) >= 11 is 0. The van der Waals surface area contributed by atoms with E-state index in [2.05, 4.69) is 40.8 Å². The molecular formula is C19H36O2Si. The Hall–Kier alpha value is -0.703. The first-order chi connectivity index (χ1) is 10.1. The summed E-state index contributed by atoms with van der Waals surface area (Å²) in [5.41, 5.74) is 0. The molecule has 0 aromatic rings. The van der Waals surface area contributed by atoms with E-state index in [9.17, 15) is 9.59 Å². The molecule has 0 N–H and O–H groups in total. The van der Waals surface area contributed by atoms with Crippen molar-refractivity contribution in [2.45, 2.75) is 97.2 Å². The summed E-state index contributed by atoms with van der Waals surface area (Å²) in [6, 6.07) is 0. The molecule has 0 atom stereocenters. The monoisotopic (exact) mass is 324 g/mol. The highest BCUT2D eigenvalue weighted by Gasteiger charge is 2.41. The summed E-state index contributed by atoms with van der Waals surface area (Å²) in [5, 5.41) is 0.378. The van der Waals surface area contributed by atoms with Crippen molar-refractivity contribution in [2.75, 3.05) is 0 Å². The van der Waals surface area contributed by atoms with Gasteiger partial charge in [-0.15, -0.1) is 0 Å². The van der Waals surface area contributed by atoms with Gasteiger partial charge >= 0.3 is 0 Å². The molecule has 22 heavy (non-hydrogen) atoms. The van der Waals surface area contributed by atoms with Crippen LogP contribution in [0.5, 0.6) is 0 Å². The first-order valence-corrected chi connectivity index (χ1v) is 11.9. The van der Waals surface area contributed by atoms with Gasteiger partial charge in [0.1, 0.15) is 13.5 Å². The molecule has 0 amide bonds. The van der Waals surface area contributed by atoms with Crippen LogP contribution in [-0.2, 0) is 9.59 Å². The maximum atomic E-state index is 12.4. The minimum atomic E-state index is -1.95.